The number of para-hydroxylation sites is 1. The Balaban J connectivity index is 1.97. The number of thiophene rings is 1. The van der Waals surface area contributed by atoms with E-state index in [-0.39, 0.29) is 18.7 Å². The number of carbonyl (C=O) groups excluding carboxylic acids is 2. The van der Waals surface area contributed by atoms with Crippen LogP contribution in [0.15, 0.2) is 40.8 Å². The summed E-state index contributed by atoms with van der Waals surface area (Å²) < 4.78 is 10.9. The van der Waals surface area contributed by atoms with Crippen molar-refractivity contribution in [3.8, 4) is 11.5 Å². The fourth-order valence-electron chi connectivity index (χ4n) is 3.07. The fraction of sp³-hybridized carbons (Fsp3) is 0.316. The van der Waals surface area contributed by atoms with Gasteiger partial charge in [-0.3, -0.25) is 4.79 Å². The van der Waals surface area contributed by atoms with Gasteiger partial charge >= 0.3 is 0 Å². The van der Waals surface area contributed by atoms with E-state index in [4.69, 9.17) is 9.47 Å². The Morgan fingerprint density at radius 2 is 2.04 bits per heavy atom. The molecule has 0 fully saturated rings. The van der Waals surface area contributed by atoms with Gasteiger partial charge in [0.25, 0.3) is 0 Å². The Morgan fingerprint density at radius 3 is 2.67 bits per heavy atom. The van der Waals surface area contributed by atoms with E-state index in [1.54, 1.807) is 20.3 Å². The smallest absolute Gasteiger partial charge is 0.243 e. The minimum atomic E-state index is -1.26. The van der Waals surface area contributed by atoms with Crippen molar-refractivity contribution in [3.05, 3.63) is 46.2 Å². The number of rotatable bonds is 7. The second-order valence-corrected chi connectivity index (χ2v) is 6.88. The third-order valence-electron chi connectivity index (χ3n) is 4.31. The van der Waals surface area contributed by atoms with Gasteiger partial charge in [0.05, 0.1) is 30.9 Å². The lowest BCUT2D eigenvalue weighted by atomic mass is 9.99. The van der Waals surface area contributed by atoms with Crippen molar-refractivity contribution in [2.24, 2.45) is 5.10 Å². The first-order chi connectivity index (χ1) is 13.0. The third kappa shape index (κ3) is 3.95. The van der Waals surface area contributed by atoms with Crippen molar-refractivity contribution >= 4 is 28.9 Å². The second-order valence-electron chi connectivity index (χ2n) is 5.94. The molecule has 8 heteroatoms. The molecule has 0 N–H and O–H groups in total. The van der Waals surface area contributed by atoms with E-state index in [0.29, 0.717) is 17.9 Å². The highest BCUT2D eigenvalue weighted by Crippen LogP contribution is 2.42. The van der Waals surface area contributed by atoms with Gasteiger partial charge in [-0.1, -0.05) is 18.2 Å². The number of hydrazone groups is 1. The molecule has 0 radical (unpaired) electrons. The summed E-state index contributed by atoms with van der Waals surface area (Å²) in [5.74, 6) is -0.548. The van der Waals surface area contributed by atoms with E-state index >= 15 is 0 Å². The summed E-state index contributed by atoms with van der Waals surface area (Å²) in [6.07, 6.45) is -0.0193. The molecule has 0 aliphatic carbocycles. The van der Waals surface area contributed by atoms with Crippen LogP contribution in [0.5, 0.6) is 11.5 Å². The van der Waals surface area contributed by atoms with Crippen LogP contribution >= 0.6 is 11.3 Å². The lowest BCUT2D eigenvalue weighted by molar-refractivity contribution is -0.305. The van der Waals surface area contributed by atoms with Crippen LogP contribution in [-0.2, 0) is 9.59 Å². The normalized spacial score (nSPS) is 16.1. The minimum Gasteiger partial charge on any atom is -0.550 e. The zero-order valence-electron chi connectivity index (χ0n) is 15.0. The van der Waals surface area contributed by atoms with Crippen LogP contribution in [-0.4, -0.2) is 36.8 Å². The number of carboxylic acid groups (broad SMARTS) is 1. The lowest BCUT2D eigenvalue weighted by Crippen LogP contribution is -2.30. The Kier molecular flexibility index (Phi) is 5.75. The van der Waals surface area contributed by atoms with Gasteiger partial charge in [0.1, 0.15) is 0 Å². The number of nitrogens with zero attached hydrogens (tertiary/aromatic N) is 2. The van der Waals surface area contributed by atoms with Crippen molar-refractivity contribution in [1.82, 2.24) is 5.01 Å². The number of aliphatic carboxylic acids is 1. The highest BCUT2D eigenvalue weighted by atomic mass is 32.1. The average Bonchev–Trinajstić information content (AvgIpc) is 3.34. The molecule has 1 aliphatic heterocycles. The van der Waals surface area contributed by atoms with Crippen molar-refractivity contribution < 1.29 is 24.2 Å². The van der Waals surface area contributed by atoms with E-state index in [0.717, 1.165) is 16.2 Å². The van der Waals surface area contributed by atoms with Crippen LogP contribution in [0.3, 0.4) is 0 Å². The Hall–Kier alpha value is -2.87. The molecule has 1 aromatic carbocycles. The summed E-state index contributed by atoms with van der Waals surface area (Å²) in [4.78, 5) is 24.4. The van der Waals surface area contributed by atoms with Crippen LogP contribution in [0, 0.1) is 0 Å². The first kappa shape index (κ1) is 18.9. The van der Waals surface area contributed by atoms with Crippen LogP contribution in [0.4, 0.5) is 0 Å². The predicted molar refractivity (Wildman–Crippen MR) is 98.8 cm³/mol. The van der Waals surface area contributed by atoms with Crippen molar-refractivity contribution in [2.45, 2.75) is 25.3 Å². The molecule has 0 spiro atoms. The summed E-state index contributed by atoms with van der Waals surface area (Å²) in [5, 5.41) is 18.6. The topological polar surface area (TPSA) is 91.3 Å². The van der Waals surface area contributed by atoms with Gasteiger partial charge in [0.15, 0.2) is 11.5 Å². The molecule has 0 bridgehead atoms. The molecule has 2 heterocycles. The number of hydrogen-bond donors (Lipinski definition) is 0. The monoisotopic (exact) mass is 387 g/mol. The molecule has 7 nitrogen and oxygen atoms in total. The summed E-state index contributed by atoms with van der Waals surface area (Å²) in [5.41, 5.74) is 1.54. The van der Waals surface area contributed by atoms with E-state index in [2.05, 4.69) is 5.10 Å². The summed E-state index contributed by atoms with van der Waals surface area (Å²) in [6, 6.07) is 8.92. The zero-order valence-corrected chi connectivity index (χ0v) is 15.8. The van der Waals surface area contributed by atoms with E-state index in [1.165, 1.54) is 16.3 Å². The molecule has 0 saturated heterocycles. The van der Waals surface area contributed by atoms with Gasteiger partial charge in [-0.15, -0.1) is 11.3 Å². The molecule has 0 saturated carbocycles. The molecule has 3 rings (SSSR count). The van der Waals surface area contributed by atoms with Crippen LogP contribution in [0.25, 0.3) is 0 Å². The maximum absolute atomic E-state index is 12.7. The largest absolute Gasteiger partial charge is 0.550 e. The predicted octanol–water partition coefficient (Wildman–Crippen LogP) is 1.97. The SMILES string of the molecule is COc1cccc([C@@H]2CC(c3cccs3)=NN2C(=O)CCC(=O)[O-])c1OC. The molecule has 0 unspecified atom stereocenters. The number of ether oxygens (including phenoxy) is 2. The van der Waals surface area contributed by atoms with Crippen LogP contribution in [0.2, 0.25) is 0 Å². The van der Waals surface area contributed by atoms with Gasteiger partial charge in [-0.25, -0.2) is 5.01 Å². The molecule has 1 aliphatic rings. The zero-order chi connectivity index (χ0) is 19.4. The molecule has 2 aromatic rings. The van der Waals surface area contributed by atoms with Gasteiger partial charge in [-0.05, 0) is 23.9 Å². The number of carboxylic acids is 1. The Bertz CT molecular complexity index is 863. The Morgan fingerprint density at radius 1 is 1.22 bits per heavy atom. The highest BCUT2D eigenvalue weighted by molar-refractivity contribution is 7.12. The first-order valence-electron chi connectivity index (χ1n) is 8.39. The fourth-order valence-corrected chi connectivity index (χ4v) is 3.79. The lowest BCUT2D eigenvalue weighted by Gasteiger charge is -2.24. The van der Waals surface area contributed by atoms with Gasteiger partial charge in [0, 0.05) is 24.4 Å². The molecule has 1 atom stereocenters. The quantitative estimate of drug-likeness (QED) is 0.724. The molecular formula is C19H19N2O5S-. The van der Waals surface area contributed by atoms with E-state index in [9.17, 15) is 14.7 Å². The number of carbonyl (C=O) groups is 2. The molecular weight excluding hydrogens is 368 g/mol. The number of benzene rings is 1. The van der Waals surface area contributed by atoms with E-state index in [1.807, 2.05) is 29.6 Å². The van der Waals surface area contributed by atoms with E-state index < -0.39 is 12.0 Å². The molecule has 1 amide bonds. The minimum absolute atomic E-state index is 0.174. The van der Waals surface area contributed by atoms with Crippen LogP contribution in [0.1, 0.15) is 35.7 Å². The average molecular weight is 387 g/mol. The first-order valence-corrected chi connectivity index (χ1v) is 9.27. The maximum atomic E-state index is 12.7. The van der Waals surface area contributed by atoms with Crippen LogP contribution < -0.4 is 14.6 Å². The Labute approximate surface area is 160 Å². The van der Waals surface area contributed by atoms with Gasteiger partial charge < -0.3 is 19.4 Å². The molecule has 27 heavy (non-hydrogen) atoms. The van der Waals surface area contributed by atoms with Crippen molar-refractivity contribution in [3.63, 3.8) is 0 Å². The number of methoxy groups -OCH3 is 2. The summed E-state index contributed by atoms with van der Waals surface area (Å²) in [7, 11) is 3.09. The maximum Gasteiger partial charge on any atom is 0.243 e. The number of hydrogen-bond acceptors (Lipinski definition) is 7. The standard InChI is InChI=1S/C19H20N2O5S/c1-25-15-6-3-5-12(19(15)26-2)14-11-13(16-7-4-10-27-16)20-21(14)17(22)8-9-18(23)24/h3-7,10,14H,8-9,11H2,1-2H3,(H,23,24)/p-1/t14-/m0/s1. The summed E-state index contributed by atoms with van der Waals surface area (Å²) in [6.45, 7) is 0. The molecule has 1 aromatic heterocycles. The highest BCUT2D eigenvalue weighted by Gasteiger charge is 2.35. The van der Waals surface area contributed by atoms with Crippen molar-refractivity contribution in [1.29, 1.82) is 0 Å². The number of amides is 1. The molecule has 142 valence electrons. The second kappa shape index (κ2) is 8.22. The van der Waals surface area contributed by atoms with Gasteiger partial charge in [-0.2, -0.15) is 5.10 Å². The summed E-state index contributed by atoms with van der Waals surface area (Å²) >= 11 is 1.54. The van der Waals surface area contributed by atoms with Gasteiger partial charge in [0.2, 0.25) is 5.91 Å². The third-order valence-corrected chi connectivity index (χ3v) is 5.23. The van der Waals surface area contributed by atoms with Crippen molar-refractivity contribution in [2.75, 3.05) is 14.2 Å².